The van der Waals surface area contributed by atoms with Crippen molar-refractivity contribution in [3.8, 4) is 0 Å². The Hall–Kier alpha value is -2.21. The van der Waals surface area contributed by atoms with E-state index >= 15 is 0 Å². The third-order valence-electron chi connectivity index (χ3n) is 4.09. The minimum absolute atomic E-state index is 0.0574. The van der Waals surface area contributed by atoms with Crippen molar-refractivity contribution in [2.24, 2.45) is 5.92 Å². The number of benzene rings is 1. The van der Waals surface area contributed by atoms with Gasteiger partial charge in [-0.25, -0.2) is 4.98 Å². The zero-order chi connectivity index (χ0) is 17.1. The lowest BCUT2D eigenvalue weighted by molar-refractivity contribution is -0.116. The average molecular weight is 343 g/mol. The molecule has 1 heterocycles. The maximum absolute atomic E-state index is 12.7. The Morgan fingerprint density at radius 1 is 1.25 bits per heavy atom. The first kappa shape index (κ1) is 16.6. The second-order valence-electron chi connectivity index (χ2n) is 6.20. The summed E-state index contributed by atoms with van der Waals surface area (Å²) in [5, 5.41) is 3.40. The number of thiazole rings is 1. The number of nitrogens with one attached hydrogen (secondary N) is 1. The fraction of sp³-hybridized carbons (Fsp3) is 0.389. The Balaban J connectivity index is 1.67. The molecule has 0 saturated heterocycles. The highest BCUT2D eigenvalue weighted by Gasteiger charge is 2.28. The van der Waals surface area contributed by atoms with E-state index in [1.54, 1.807) is 17.0 Å². The van der Waals surface area contributed by atoms with Crippen molar-refractivity contribution in [3.05, 3.63) is 46.5 Å². The quantitative estimate of drug-likeness (QED) is 0.876. The first-order valence-electron chi connectivity index (χ1n) is 8.11. The zero-order valence-corrected chi connectivity index (χ0v) is 14.7. The Morgan fingerprint density at radius 3 is 2.54 bits per heavy atom. The lowest BCUT2D eigenvalue weighted by Crippen LogP contribution is -2.39. The van der Waals surface area contributed by atoms with Crippen LogP contribution in [0.1, 0.15) is 33.8 Å². The van der Waals surface area contributed by atoms with Gasteiger partial charge in [0.2, 0.25) is 5.91 Å². The van der Waals surface area contributed by atoms with Crippen molar-refractivity contribution >= 4 is 28.3 Å². The number of carbonyl (C=O) groups is 2. The lowest BCUT2D eigenvalue weighted by Gasteiger charge is -2.22. The molecule has 0 spiro atoms. The highest BCUT2D eigenvalue weighted by atomic mass is 32.1. The molecule has 2 aromatic rings. The van der Waals surface area contributed by atoms with Gasteiger partial charge in [0.1, 0.15) is 6.54 Å². The number of hydrogen-bond acceptors (Lipinski definition) is 4. The number of carbonyl (C=O) groups excluding carboxylic acids is 2. The summed E-state index contributed by atoms with van der Waals surface area (Å²) in [5.74, 6) is 0.229. The molecule has 1 aliphatic rings. The van der Waals surface area contributed by atoms with E-state index in [9.17, 15) is 9.59 Å². The number of nitrogens with zero attached hydrogens (tertiary/aromatic N) is 2. The summed E-state index contributed by atoms with van der Waals surface area (Å²) in [7, 11) is 0. The molecule has 1 N–H and O–H groups in total. The predicted molar refractivity (Wildman–Crippen MR) is 95.3 cm³/mol. The number of aryl methyl sites for hydroxylation is 2. The Labute approximate surface area is 145 Å². The normalized spacial score (nSPS) is 13.6. The summed E-state index contributed by atoms with van der Waals surface area (Å²) in [6.45, 7) is 4.58. The molecule has 126 valence electrons. The third kappa shape index (κ3) is 4.20. The molecule has 6 heteroatoms. The van der Waals surface area contributed by atoms with Crippen LogP contribution in [0.5, 0.6) is 0 Å². The van der Waals surface area contributed by atoms with Gasteiger partial charge in [0.25, 0.3) is 5.91 Å². The van der Waals surface area contributed by atoms with Gasteiger partial charge in [-0.05, 0) is 44.7 Å². The van der Waals surface area contributed by atoms with Crippen LogP contribution < -0.4 is 5.32 Å². The van der Waals surface area contributed by atoms with E-state index < -0.39 is 0 Å². The minimum Gasteiger partial charge on any atom is -0.329 e. The maximum Gasteiger partial charge on any atom is 0.254 e. The van der Waals surface area contributed by atoms with Gasteiger partial charge in [-0.2, -0.15) is 0 Å². The van der Waals surface area contributed by atoms with Crippen LogP contribution >= 0.6 is 11.3 Å². The van der Waals surface area contributed by atoms with E-state index in [0.29, 0.717) is 23.2 Å². The van der Waals surface area contributed by atoms with Gasteiger partial charge in [0.15, 0.2) is 5.13 Å². The van der Waals surface area contributed by atoms with Gasteiger partial charge in [-0.3, -0.25) is 9.59 Å². The van der Waals surface area contributed by atoms with E-state index in [1.807, 2.05) is 32.0 Å². The summed E-state index contributed by atoms with van der Waals surface area (Å²) in [6.07, 6.45) is 2.26. The third-order valence-corrected chi connectivity index (χ3v) is 5.08. The fourth-order valence-corrected chi connectivity index (χ4v) is 3.28. The van der Waals surface area contributed by atoms with Crippen molar-refractivity contribution in [3.63, 3.8) is 0 Å². The number of amides is 2. The van der Waals surface area contributed by atoms with Gasteiger partial charge in [-0.15, -0.1) is 11.3 Å². The van der Waals surface area contributed by atoms with E-state index in [-0.39, 0.29) is 18.4 Å². The largest absolute Gasteiger partial charge is 0.329 e. The second-order valence-corrected chi connectivity index (χ2v) is 7.41. The Morgan fingerprint density at radius 2 is 1.96 bits per heavy atom. The van der Waals surface area contributed by atoms with Crippen molar-refractivity contribution in [2.45, 2.75) is 26.7 Å². The van der Waals surface area contributed by atoms with Crippen LogP contribution in [-0.2, 0) is 4.79 Å². The minimum atomic E-state index is -0.200. The molecule has 0 bridgehead atoms. The summed E-state index contributed by atoms with van der Waals surface area (Å²) in [4.78, 5) is 32.1. The molecule has 0 aliphatic heterocycles. The van der Waals surface area contributed by atoms with Crippen molar-refractivity contribution < 1.29 is 9.59 Å². The monoisotopic (exact) mass is 343 g/mol. The summed E-state index contributed by atoms with van der Waals surface area (Å²) < 4.78 is 0. The van der Waals surface area contributed by atoms with Gasteiger partial charge in [0, 0.05) is 17.0 Å². The molecule has 0 atom stereocenters. The molecule has 0 radical (unpaired) electrons. The molecule has 1 aliphatic carbocycles. The van der Waals surface area contributed by atoms with E-state index in [1.165, 1.54) is 11.3 Å². The van der Waals surface area contributed by atoms with Crippen LogP contribution in [-0.4, -0.2) is 34.8 Å². The van der Waals surface area contributed by atoms with Gasteiger partial charge >= 0.3 is 0 Å². The molecule has 24 heavy (non-hydrogen) atoms. The topological polar surface area (TPSA) is 62.3 Å². The molecule has 0 unspecified atom stereocenters. The second kappa shape index (κ2) is 7.13. The molecule has 5 nitrogen and oxygen atoms in total. The summed E-state index contributed by atoms with van der Waals surface area (Å²) >= 11 is 1.45. The smallest absolute Gasteiger partial charge is 0.254 e. The number of rotatable bonds is 6. The molecular formula is C18H21N3O2S. The highest BCUT2D eigenvalue weighted by molar-refractivity contribution is 7.15. The predicted octanol–water partition coefficient (Wildman–Crippen LogP) is 3.25. The summed E-state index contributed by atoms with van der Waals surface area (Å²) in [6, 6.07) is 9.12. The first-order chi connectivity index (χ1) is 11.5. The first-order valence-corrected chi connectivity index (χ1v) is 8.93. The summed E-state index contributed by atoms with van der Waals surface area (Å²) in [5.41, 5.74) is 1.54. The van der Waals surface area contributed by atoms with Gasteiger partial charge in [-0.1, -0.05) is 18.2 Å². The van der Waals surface area contributed by atoms with Crippen LogP contribution in [0.3, 0.4) is 0 Å². The molecule has 1 saturated carbocycles. The number of anilines is 1. The van der Waals surface area contributed by atoms with E-state index in [2.05, 4.69) is 10.3 Å². The number of hydrogen-bond donors (Lipinski definition) is 1. The molecule has 2 amide bonds. The highest BCUT2D eigenvalue weighted by Crippen LogP contribution is 2.30. The fourth-order valence-electron chi connectivity index (χ4n) is 2.45. The maximum atomic E-state index is 12.7. The Bertz CT molecular complexity index is 718. The van der Waals surface area contributed by atoms with Crippen LogP contribution in [0.15, 0.2) is 30.3 Å². The Kier molecular flexibility index (Phi) is 4.94. The standard InChI is InChI=1S/C18H21N3O2S/c1-12-13(2)24-18(19-12)20-16(22)11-21(10-14-8-9-14)17(23)15-6-4-3-5-7-15/h3-7,14H,8-11H2,1-2H3,(H,19,20,22). The van der Waals surface area contributed by atoms with Gasteiger partial charge < -0.3 is 10.2 Å². The molecule has 1 aromatic carbocycles. The number of aromatic nitrogens is 1. The van der Waals surface area contributed by atoms with Crippen molar-refractivity contribution in [1.29, 1.82) is 0 Å². The molecule has 1 aromatic heterocycles. The molecule has 3 rings (SSSR count). The van der Waals surface area contributed by atoms with Gasteiger partial charge in [0.05, 0.1) is 5.69 Å². The lowest BCUT2D eigenvalue weighted by atomic mass is 10.2. The van der Waals surface area contributed by atoms with Crippen molar-refractivity contribution in [1.82, 2.24) is 9.88 Å². The van der Waals surface area contributed by atoms with Crippen LogP contribution in [0.25, 0.3) is 0 Å². The van der Waals surface area contributed by atoms with Crippen LogP contribution in [0, 0.1) is 19.8 Å². The molecular weight excluding hydrogens is 322 g/mol. The van der Waals surface area contributed by atoms with Crippen molar-refractivity contribution in [2.75, 3.05) is 18.4 Å². The molecule has 1 fully saturated rings. The SMILES string of the molecule is Cc1nc(NC(=O)CN(CC2CC2)C(=O)c2ccccc2)sc1C. The zero-order valence-electron chi connectivity index (χ0n) is 13.9. The average Bonchev–Trinajstić information content (AvgIpc) is 3.32. The van der Waals surface area contributed by atoms with Crippen LogP contribution in [0.2, 0.25) is 0 Å². The van der Waals surface area contributed by atoms with Crippen LogP contribution in [0.4, 0.5) is 5.13 Å². The van der Waals surface area contributed by atoms with E-state index in [4.69, 9.17) is 0 Å². The van der Waals surface area contributed by atoms with E-state index in [0.717, 1.165) is 23.4 Å².